The van der Waals surface area contributed by atoms with Crippen molar-refractivity contribution in [2.45, 2.75) is 26.0 Å². The maximum absolute atomic E-state index is 10.6. The van der Waals surface area contributed by atoms with Gasteiger partial charge in [-0.1, -0.05) is 6.07 Å². The normalized spacial score (nSPS) is 13.9. The van der Waals surface area contributed by atoms with Crippen LogP contribution >= 0.6 is 35.3 Å². The molecular weight excluding hydrogens is 463 g/mol. The lowest BCUT2D eigenvalue weighted by molar-refractivity contribution is 0.0621. The number of fused-ring (bicyclic) bond motifs is 1. The van der Waals surface area contributed by atoms with E-state index in [1.807, 2.05) is 52.5 Å². The molecular formula is C17H23IN6OS. The Labute approximate surface area is 173 Å². The number of hydrogen-bond donors (Lipinski definition) is 3. The zero-order valence-corrected chi connectivity index (χ0v) is 17.9. The van der Waals surface area contributed by atoms with Crippen LogP contribution in [0.1, 0.15) is 25.2 Å². The number of hydrogen-bond acceptors (Lipinski definition) is 5. The Kier molecular flexibility index (Phi) is 7.35. The molecule has 140 valence electrons. The third kappa shape index (κ3) is 4.92. The van der Waals surface area contributed by atoms with Crippen LogP contribution in [-0.2, 0) is 12.1 Å². The van der Waals surface area contributed by atoms with Crippen molar-refractivity contribution in [2.24, 2.45) is 4.99 Å². The van der Waals surface area contributed by atoms with Crippen LogP contribution in [0.3, 0.4) is 0 Å². The summed E-state index contributed by atoms with van der Waals surface area (Å²) < 4.78 is 1.91. The number of nitrogens with zero attached hydrogens (tertiary/aromatic N) is 4. The number of pyridine rings is 1. The Morgan fingerprint density at radius 1 is 1.31 bits per heavy atom. The number of aliphatic imine (C=N–C) groups is 1. The highest BCUT2D eigenvalue weighted by Crippen LogP contribution is 2.21. The summed E-state index contributed by atoms with van der Waals surface area (Å²) in [5, 5.41) is 29.2. The molecule has 0 radical (unpaired) electrons. The molecule has 1 atom stereocenters. The molecule has 0 aliphatic heterocycles. The summed E-state index contributed by atoms with van der Waals surface area (Å²) >= 11 is 1.57. The highest BCUT2D eigenvalue weighted by Gasteiger charge is 2.23. The van der Waals surface area contributed by atoms with Gasteiger partial charge < -0.3 is 15.7 Å². The van der Waals surface area contributed by atoms with E-state index in [0.29, 0.717) is 19.0 Å². The van der Waals surface area contributed by atoms with E-state index >= 15 is 0 Å². The molecule has 7 nitrogen and oxygen atoms in total. The molecule has 1 unspecified atom stereocenters. The SMILES string of the molecule is CCNC(=NCc1nnc2ccccn12)NCC(C)(O)c1ccsc1.I. The second-order valence-corrected chi connectivity index (χ2v) is 6.66. The van der Waals surface area contributed by atoms with E-state index in [0.717, 1.165) is 23.6 Å². The van der Waals surface area contributed by atoms with Crippen LogP contribution in [0, 0.1) is 0 Å². The van der Waals surface area contributed by atoms with Gasteiger partial charge in [-0.3, -0.25) is 4.40 Å². The van der Waals surface area contributed by atoms with Gasteiger partial charge in [-0.15, -0.1) is 34.2 Å². The lowest BCUT2D eigenvalue weighted by Crippen LogP contribution is -2.44. The lowest BCUT2D eigenvalue weighted by atomic mass is 9.99. The minimum Gasteiger partial charge on any atom is -0.384 e. The summed E-state index contributed by atoms with van der Waals surface area (Å²) in [4.78, 5) is 4.55. The summed E-state index contributed by atoms with van der Waals surface area (Å²) in [6, 6.07) is 7.70. The second kappa shape index (κ2) is 9.28. The molecule has 3 aromatic heterocycles. The van der Waals surface area contributed by atoms with E-state index in [-0.39, 0.29) is 24.0 Å². The topological polar surface area (TPSA) is 86.8 Å². The number of halogens is 1. The van der Waals surface area contributed by atoms with E-state index in [2.05, 4.69) is 25.8 Å². The van der Waals surface area contributed by atoms with Gasteiger partial charge in [0, 0.05) is 12.7 Å². The van der Waals surface area contributed by atoms with Crippen LogP contribution in [0.5, 0.6) is 0 Å². The highest BCUT2D eigenvalue weighted by molar-refractivity contribution is 14.0. The molecule has 26 heavy (non-hydrogen) atoms. The molecule has 9 heteroatoms. The third-order valence-corrected chi connectivity index (χ3v) is 4.53. The van der Waals surface area contributed by atoms with Crippen molar-refractivity contribution in [3.8, 4) is 0 Å². The van der Waals surface area contributed by atoms with Crippen LogP contribution in [-0.4, -0.2) is 38.8 Å². The Bertz CT molecular complexity index is 846. The molecule has 0 saturated heterocycles. The number of aliphatic hydroxyl groups is 1. The van der Waals surface area contributed by atoms with E-state index in [1.54, 1.807) is 18.3 Å². The fraction of sp³-hybridized carbons (Fsp3) is 0.353. The summed E-state index contributed by atoms with van der Waals surface area (Å²) in [5.41, 5.74) is 0.730. The van der Waals surface area contributed by atoms with Gasteiger partial charge >= 0.3 is 0 Å². The Hall–Kier alpha value is -1.72. The molecule has 0 bridgehead atoms. The maximum atomic E-state index is 10.6. The first-order valence-electron chi connectivity index (χ1n) is 8.16. The quantitative estimate of drug-likeness (QED) is 0.283. The van der Waals surface area contributed by atoms with Crippen molar-refractivity contribution in [3.05, 3.63) is 52.6 Å². The van der Waals surface area contributed by atoms with Gasteiger partial charge in [-0.25, -0.2) is 4.99 Å². The van der Waals surface area contributed by atoms with Crippen LogP contribution in [0.2, 0.25) is 0 Å². The molecule has 0 aliphatic carbocycles. The van der Waals surface area contributed by atoms with Gasteiger partial charge in [0.15, 0.2) is 17.4 Å². The minimum absolute atomic E-state index is 0. The van der Waals surface area contributed by atoms with Crippen molar-refractivity contribution < 1.29 is 5.11 Å². The van der Waals surface area contributed by atoms with Gasteiger partial charge in [0.2, 0.25) is 0 Å². The predicted molar refractivity (Wildman–Crippen MR) is 115 cm³/mol. The smallest absolute Gasteiger partial charge is 0.191 e. The van der Waals surface area contributed by atoms with Gasteiger partial charge in [-0.05, 0) is 48.4 Å². The van der Waals surface area contributed by atoms with Gasteiger partial charge in [0.05, 0.1) is 6.54 Å². The van der Waals surface area contributed by atoms with E-state index in [1.165, 1.54) is 0 Å². The van der Waals surface area contributed by atoms with Crippen LogP contribution in [0.15, 0.2) is 46.2 Å². The van der Waals surface area contributed by atoms with Crippen molar-refractivity contribution in [3.63, 3.8) is 0 Å². The minimum atomic E-state index is -0.961. The van der Waals surface area contributed by atoms with Crippen molar-refractivity contribution in [1.82, 2.24) is 25.2 Å². The number of rotatable bonds is 6. The predicted octanol–water partition coefficient (Wildman–Crippen LogP) is 2.37. The summed E-state index contributed by atoms with van der Waals surface area (Å²) in [5.74, 6) is 1.39. The van der Waals surface area contributed by atoms with Crippen LogP contribution in [0.4, 0.5) is 0 Å². The molecule has 0 aliphatic rings. The zero-order chi connectivity index (χ0) is 17.7. The van der Waals surface area contributed by atoms with Crippen molar-refractivity contribution >= 4 is 46.9 Å². The summed E-state index contributed by atoms with van der Waals surface area (Å²) in [6.45, 7) is 5.27. The fourth-order valence-corrected chi connectivity index (χ4v) is 3.20. The monoisotopic (exact) mass is 486 g/mol. The first-order chi connectivity index (χ1) is 12.1. The van der Waals surface area contributed by atoms with Gasteiger partial charge in [0.25, 0.3) is 0 Å². The molecule has 0 fully saturated rings. The average Bonchev–Trinajstić information content (AvgIpc) is 3.28. The van der Waals surface area contributed by atoms with E-state index < -0.39 is 5.60 Å². The molecule has 3 heterocycles. The second-order valence-electron chi connectivity index (χ2n) is 5.88. The highest BCUT2D eigenvalue weighted by atomic mass is 127. The number of thiophene rings is 1. The molecule has 3 N–H and O–H groups in total. The maximum Gasteiger partial charge on any atom is 0.191 e. The van der Waals surface area contributed by atoms with Crippen LogP contribution in [0.25, 0.3) is 5.65 Å². The van der Waals surface area contributed by atoms with Gasteiger partial charge in [-0.2, -0.15) is 11.3 Å². The molecule has 3 aromatic rings. The first kappa shape index (κ1) is 20.6. The number of nitrogens with one attached hydrogen (secondary N) is 2. The van der Waals surface area contributed by atoms with Crippen molar-refractivity contribution in [2.75, 3.05) is 13.1 Å². The summed E-state index contributed by atoms with van der Waals surface area (Å²) in [6.07, 6.45) is 1.92. The largest absolute Gasteiger partial charge is 0.384 e. The lowest BCUT2D eigenvalue weighted by Gasteiger charge is -2.24. The average molecular weight is 486 g/mol. The Morgan fingerprint density at radius 3 is 2.88 bits per heavy atom. The zero-order valence-electron chi connectivity index (χ0n) is 14.7. The molecule has 3 rings (SSSR count). The Balaban J connectivity index is 0.00000243. The third-order valence-electron chi connectivity index (χ3n) is 3.85. The number of aromatic nitrogens is 3. The van der Waals surface area contributed by atoms with E-state index in [9.17, 15) is 5.11 Å². The Morgan fingerprint density at radius 2 is 2.15 bits per heavy atom. The summed E-state index contributed by atoms with van der Waals surface area (Å²) in [7, 11) is 0. The fourth-order valence-electron chi connectivity index (χ4n) is 2.42. The first-order valence-corrected chi connectivity index (χ1v) is 9.10. The molecule has 0 aromatic carbocycles. The van der Waals surface area contributed by atoms with Crippen LogP contribution < -0.4 is 10.6 Å². The molecule has 0 amide bonds. The van der Waals surface area contributed by atoms with Crippen molar-refractivity contribution in [1.29, 1.82) is 0 Å². The standard InChI is InChI=1S/C17H22N6OS.HI/c1-3-18-16(20-12-17(2,24)13-7-9-25-11-13)19-10-15-22-21-14-6-4-5-8-23(14)15;/h4-9,11,24H,3,10,12H2,1-2H3,(H2,18,19,20);1H. The molecule has 0 saturated carbocycles. The van der Waals surface area contributed by atoms with Gasteiger partial charge in [0.1, 0.15) is 12.1 Å². The van der Waals surface area contributed by atoms with E-state index in [4.69, 9.17) is 0 Å². The molecule has 0 spiro atoms. The number of guanidine groups is 1.